The summed E-state index contributed by atoms with van der Waals surface area (Å²) in [4.78, 5) is 17.5. The summed E-state index contributed by atoms with van der Waals surface area (Å²) in [5, 5.41) is 0. The average molecular weight is 358 g/mol. The third kappa shape index (κ3) is 4.14. The average Bonchev–Trinajstić information content (AvgIpc) is 2.93. The number of carbonyl (C=O) groups is 1. The van der Waals surface area contributed by atoms with E-state index in [1.807, 2.05) is 23.1 Å². The van der Waals surface area contributed by atoms with Crippen molar-refractivity contribution in [2.75, 3.05) is 45.9 Å². The summed E-state index contributed by atoms with van der Waals surface area (Å²) >= 11 is 0. The van der Waals surface area contributed by atoms with Crippen molar-refractivity contribution in [2.24, 2.45) is 5.92 Å². The first-order chi connectivity index (χ1) is 12.8. The molecule has 2 heterocycles. The Hall–Kier alpha value is -1.75. The molecule has 1 saturated heterocycles. The summed E-state index contributed by atoms with van der Waals surface area (Å²) in [6.45, 7) is 6.10. The summed E-state index contributed by atoms with van der Waals surface area (Å²) in [5.74, 6) is 2.41. The largest absolute Gasteiger partial charge is 0.486 e. The molecule has 0 bridgehead atoms. The number of amides is 1. The van der Waals surface area contributed by atoms with Crippen LogP contribution in [0.4, 0.5) is 0 Å². The van der Waals surface area contributed by atoms with Gasteiger partial charge in [-0.15, -0.1) is 0 Å². The van der Waals surface area contributed by atoms with Crippen LogP contribution in [0.3, 0.4) is 0 Å². The molecule has 4 rings (SSSR count). The van der Waals surface area contributed by atoms with Gasteiger partial charge in [-0.05, 0) is 49.9 Å². The van der Waals surface area contributed by atoms with Crippen molar-refractivity contribution in [2.45, 2.75) is 38.5 Å². The highest BCUT2D eigenvalue weighted by molar-refractivity contribution is 5.95. The van der Waals surface area contributed by atoms with Crippen LogP contribution < -0.4 is 9.47 Å². The smallest absolute Gasteiger partial charge is 0.254 e. The van der Waals surface area contributed by atoms with Gasteiger partial charge < -0.3 is 19.3 Å². The minimum atomic E-state index is 0.112. The molecule has 1 aliphatic carbocycles. The van der Waals surface area contributed by atoms with Crippen molar-refractivity contribution < 1.29 is 14.3 Å². The van der Waals surface area contributed by atoms with Gasteiger partial charge in [-0.1, -0.05) is 19.3 Å². The van der Waals surface area contributed by atoms with Crippen molar-refractivity contribution in [1.82, 2.24) is 9.80 Å². The maximum absolute atomic E-state index is 12.9. The Morgan fingerprint density at radius 3 is 2.58 bits per heavy atom. The van der Waals surface area contributed by atoms with Gasteiger partial charge in [0.15, 0.2) is 11.5 Å². The second-order valence-electron chi connectivity index (χ2n) is 7.81. The third-order valence-electron chi connectivity index (χ3n) is 5.91. The number of ether oxygens (including phenoxy) is 2. The molecule has 5 heteroatoms. The lowest BCUT2D eigenvalue weighted by atomic mass is 9.89. The number of hydrogen-bond acceptors (Lipinski definition) is 4. The van der Waals surface area contributed by atoms with Gasteiger partial charge in [-0.2, -0.15) is 0 Å². The van der Waals surface area contributed by atoms with Gasteiger partial charge in [-0.3, -0.25) is 4.79 Å². The first-order valence-corrected chi connectivity index (χ1v) is 10.2. The van der Waals surface area contributed by atoms with E-state index in [9.17, 15) is 4.79 Å². The number of benzene rings is 1. The zero-order valence-corrected chi connectivity index (χ0v) is 15.6. The van der Waals surface area contributed by atoms with Gasteiger partial charge in [0.05, 0.1) is 0 Å². The fourth-order valence-corrected chi connectivity index (χ4v) is 4.45. The van der Waals surface area contributed by atoms with E-state index in [2.05, 4.69) is 4.90 Å². The van der Waals surface area contributed by atoms with Crippen LogP contribution in [0.25, 0.3) is 0 Å². The number of rotatable bonds is 3. The Balaban J connectivity index is 1.35. The van der Waals surface area contributed by atoms with Crippen LogP contribution in [-0.2, 0) is 0 Å². The van der Waals surface area contributed by atoms with Gasteiger partial charge in [-0.25, -0.2) is 0 Å². The van der Waals surface area contributed by atoms with E-state index in [4.69, 9.17) is 9.47 Å². The van der Waals surface area contributed by atoms with Crippen LogP contribution in [0.15, 0.2) is 18.2 Å². The van der Waals surface area contributed by atoms with E-state index < -0.39 is 0 Å². The lowest BCUT2D eigenvalue weighted by Crippen LogP contribution is -2.37. The Morgan fingerprint density at radius 2 is 1.73 bits per heavy atom. The Bertz CT molecular complexity index is 628. The van der Waals surface area contributed by atoms with Crippen LogP contribution in [0.1, 0.15) is 48.9 Å². The Kier molecular flexibility index (Phi) is 5.63. The van der Waals surface area contributed by atoms with Crippen molar-refractivity contribution in [3.63, 3.8) is 0 Å². The molecule has 26 heavy (non-hydrogen) atoms. The van der Waals surface area contributed by atoms with Gasteiger partial charge in [0, 0.05) is 31.7 Å². The van der Waals surface area contributed by atoms with E-state index in [0.29, 0.717) is 24.5 Å². The maximum atomic E-state index is 12.9. The molecule has 3 aliphatic rings. The molecule has 1 saturated carbocycles. The molecule has 1 aromatic carbocycles. The van der Waals surface area contributed by atoms with E-state index in [0.717, 1.165) is 44.3 Å². The molecule has 1 aromatic rings. The van der Waals surface area contributed by atoms with Gasteiger partial charge >= 0.3 is 0 Å². The molecule has 0 radical (unpaired) electrons. The first kappa shape index (κ1) is 17.7. The predicted molar refractivity (Wildman–Crippen MR) is 101 cm³/mol. The molecule has 0 atom stereocenters. The van der Waals surface area contributed by atoms with E-state index >= 15 is 0 Å². The Labute approximate surface area is 156 Å². The first-order valence-electron chi connectivity index (χ1n) is 10.2. The van der Waals surface area contributed by atoms with Crippen molar-refractivity contribution in [3.8, 4) is 11.5 Å². The summed E-state index contributed by atoms with van der Waals surface area (Å²) in [6.07, 6.45) is 8.03. The number of nitrogens with zero attached hydrogens (tertiary/aromatic N) is 2. The second-order valence-corrected chi connectivity index (χ2v) is 7.81. The fourth-order valence-electron chi connectivity index (χ4n) is 4.45. The van der Waals surface area contributed by atoms with Gasteiger partial charge in [0.2, 0.25) is 0 Å². The monoisotopic (exact) mass is 358 g/mol. The molecular weight excluding hydrogens is 328 g/mol. The summed E-state index contributed by atoms with van der Waals surface area (Å²) < 4.78 is 11.2. The number of fused-ring (bicyclic) bond motifs is 1. The summed E-state index contributed by atoms with van der Waals surface area (Å²) in [5.41, 5.74) is 0.704. The lowest BCUT2D eigenvalue weighted by molar-refractivity contribution is 0.0758. The molecule has 0 N–H and O–H groups in total. The normalized spacial score (nSPS) is 22.1. The summed E-state index contributed by atoms with van der Waals surface area (Å²) in [6, 6.07) is 5.55. The zero-order chi connectivity index (χ0) is 17.8. The predicted octanol–water partition coefficient (Wildman–Crippen LogP) is 3.19. The van der Waals surface area contributed by atoms with E-state index in [-0.39, 0.29) is 5.91 Å². The lowest BCUT2D eigenvalue weighted by Gasteiger charge is -2.29. The zero-order valence-electron chi connectivity index (χ0n) is 15.6. The molecule has 5 nitrogen and oxygen atoms in total. The number of carbonyl (C=O) groups excluding carboxylic acids is 1. The van der Waals surface area contributed by atoms with Crippen LogP contribution in [-0.4, -0.2) is 61.6 Å². The molecule has 2 aliphatic heterocycles. The third-order valence-corrected chi connectivity index (χ3v) is 5.91. The van der Waals surface area contributed by atoms with Crippen LogP contribution in [0, 0.1) is 5.92 Å². The molecule has 2 fully saturated rings. The van der Waals surface area contributed by atoms with Crippen LogP contribution in [0.5, 0.6) is 11.5 Å². The minimum Gasteiger partial charge on any atom is -0.486 e. The minimum absolute atomic E-state index is 0.112. The topological polar surface area (TPSA) is 42.0 Å². The standard InChI is InChI=1S/C21H30N2O3/c24-21(18-7-8-19-20(15-18)26-14-13-25-19)23-10-4-9-22(11-12-23)16-17-5-2-1-3-6-17/h7-8,15,17H,1-6,9-14,16H2. The Morgan fingerprint density at radius 1 is 0.923 bits per heavy atom. The highest BCUT2D eigenvalue weighted by Crippen LogP contribution is 2.31. The molecule has 0 aromatic heterocycles. The van der Waals surface area contributed by atoms with Crippen molar-refractivity contribution >= 4 is 5.91 Å². The van der Waals surface area contributed by atoms with E-state index in [1.165, 1.54) is 38.6 Å². The number of hydrogen-bond donors (Lipinski definition) is 0. The van der Waals surface area contributed by atoms with Crippen molar-refractivity contribution in [1.29, 1.82) is 0 Å². The highest BCUT2D eigenvalue weighted by atomic mass is 16.6. The van der Waals surface area contributed by atoms with Gasteiger partial charge in [0.1, 0.15) is 13.2 Å². The van der Waals surface area contributed by atoms with Crippen LogP contribution >= 0.6 is 0 Å². The molecule has 0 unspecified atom stereocenters. The quantitative estimate of drug-likeness (QED) is 0.832. The van der Waals surface area contributed by atoms with Crippen molar-refractivity contribution in [3.05, 3.63) is 23.8 Å². The molecule has 0 spiro atoms. The molecular formula is C21H30N2O3. The highest BCUT2D eigenvalue weighted by Gasteiger charge is 2.24. The molecule has 1 amide bonds. The fraction of sp³-hybridized carbons (Fsp3) is 0.667. The van der Waals surface area contributed by atoms with Gasteiger partial charge in [0.25, 0.3) is 5.91 Å². The maximum Gasteiger partial charge on any atom is 0.254 e. The molecule has 142 valence electrons. The second kappa shape index (κ2) is 8.30. The van der Waals surface area contributed by atoms with Crippen LogP contribution in [0.2, 0.25) is 0 Å². The summed E-state index contributed by atoms with van der Waals surface area (Å²) in [7, 11) is 0. The van der Waals surface area contributed by atoms with E-state index in [1.54, 1.807) is 0 Å². The SMILES string of the molecule is O=C(c1ccc2c(c1)OCCO2)N1CCCN(CC2CCCCC2)CC1.